The molecule has 0 aliphatic carbocycles. The number of fused-ring (bicyclic) bond motifs is 3. The van der Waals surface area contributed by atoms with Crippen molar-refractivity contribution in [1.29, 1.82) is 0 Å². The van der Waals surface area contributed by atoms with E-state index in [1.807, 2.05) is 11.6 Å². The van der Waals surface area contributed by atoms with Crippen molar-refractivity contribution in [3.8, 4) is 17.3 Å². The number of carboxylic acids is 1. The monoisotopic (exact) mass is 718 g/mol. The molecule has 4 aliphatic rings. The summed E-state index contributed by atoms with van der Waals surface area (Å²) in [7, 11) is 0. The van der Waals surface area contributed by atoms with Crippen molar-refractivity contribution in [3.63, 3.8) is 0 Å². The second-order valence-electron chi connectivity index (χ2n) is 15.2. The molecule has 4 saturated heterocycles. The van der Waals surface area contributed by atoms with Crippen molar-refractivity contribution in [1.82, 2.24) is 29.6 Å². The Morgan fingerprint density at radius 1 is 1.12 bits per heavy atom. The molecule has 3 aromatic heterocycles. The van der Waals surface area contributed by atoms with Gasteiger partial charge < -0.3 is 25.2 Å². The second-order valence-corrected chi connectivity index (χ2v) is 15.2. The number of hydrogen-bond acceptors (Lipinski definition) is 10. The van der Waals surface area contributed by atoms with E-state index in [2.05, 4.69) is 15.9 Å². The van der Waals surface area contributed by atoms with Crippen molar-refractivity contribution in [3.05, 3.63) is 35.4 Å². The van der Waals surface area contributed by atoms with Gasteiger partial charge >= 0.3 is 12.0 Å². The summed E-state index contributed by atoms with van der Waals surface area (Å²) in [5.41, 5.74) is 9.49. The van der Waals surface area contributed by atoms with Gasteiger partial charge in [-0.15, -0.1) is 0 Å². The summed E-state index contributed by atoms with van der Waals surface area (Å²) in [6, 6.07) is 2.06. The zero-order valence-electron chi connectivity index (χ0n) is 29.8. The predicted molar refractivity (Wildman–Crippen MR) is 193 cm³/mol. The maximum atomic E-state index is 17.4. The summed E-state index contributed by atoms with van der Waals surface area (Å²) in [5, 5.41) is 15.2. The highest BCUT2D eigenvalue weighted by atomic mass is 19.1. The van der Waals surface area contributed by atoms with E-state index >= 15 is 4.39 Å². The lowest BCUT2D eigenvalue weighted by Gasteiger charge is -2.33. The molecular weight excluding hydrogens is 670 g/mol. The van der Waals surface area contributed by atoms with Crippen LogP contribution in [0.2, 0.25) is 0 Å². The minimum absolute atomic E-state index is 0.0479. The zero-order valence-corrected chi connectivity index (χ0v) is 29.8. The zero-order chi connectivity index (χ0) is 36.0. The molecule has 4 atom stereocenters. The standard InChI is InChI=1S/C38H48F2N8O4/c1-23-16-29-27(19-43-48(29)30-10-4-5-15-51-30)32(26(23)9-2-3-11-31(49)50)35-33(40)34-28(18-42-35)36(46-13-6-8-25(41)21-46)45-37(44-34)52-22-38-12-7-14-47(38)20-24(39)17-38/h16,18-19,24-25,30H,2-15,17,20-22,41H2,1H3,(H,49,50)/t24-,25-,30?,38+/m1/s1. The first-order valence-electron chi connectivity index (χ1n) is 18.9. The largest absolute Gasteiger partial charge is 0.481 e. The number of unbranched alkanes of at least 4 members (excludes halogenated alkanes) is 1. The summed E-state index contributed by atoms with van der Waals surface area (Å²) in [5.74, 6) is -0.920. The molecule has 1 unspecified atom stereocenters. The number of piperidine rings is 1. The summed E-state index contributed by atoms with van der Waals surface area (Å²) >= 11 is 0. The summed E-state index contributed by atoms with van der Waals surface area (Å²) < 4.78 is 46.3. The first kappa shape index (κ1) is 35.0. The molecule has 8 rings (SSSR count). The molecule has 7 heterocycles. The van der Waals surface area contributed by atoms with E-state index in [9.17, 15) is 14.3 Å². The molecule has 4 fully saturated rings. The van der Waals surface area contributed by atoms with Crippen molar-refractivity contribution in [2.75, 3.05) is 44.3 Å². The van der Waals surface area contributed by atoms with Crippen molar-refractivity contribution in [2.24, 2.45) is 5.73 Å². The number of aliphatic carboxylic acids is 1. The quantitative estimate of drug-likeness (QED) is 0.180. The van der Waals surface area contributed by atoms with Crippen LogP contribution in [0, 0.1) is 12.7 Å². The number of pyridine rings is 1. The number of carboxylic acid groups (broad SMARTS) is 1. The second kappa shape index (κ2) is 14.4. The molecule has 4 aromatic rings. The van der Waals surface area contributed by atoms with Crippen LogP contribution in [0.25, 0.3) is 33.1 Å². The van der Waals surface area contributed by atoms with E-state index < -0.39 is 23.5 Å². The van der Waals surface area contributed by atoms with Crippen LogP contribution in [0.5, 0.6) is 6.01 Å². The summed E-state index contributed by atoms with van der Waals surface area (Å²) in [6.45, 7) is 5.35. The topological polar surface area (TPSA) is 145 Å². The number of rotatable bonds is 11. The molecular formula is C38H48F2N8O4. The maximum Gasteiger partial charge on any atom is 0.319 e. The van der Waals surface area contributed by atoms with Gasteiger partial charge in [-0.05, 0) is 94.9 Å². The van der Waals surface area contributed by atoms with E-state index in [-0.39, 0.29) is 42.5 Å². The molecule has 0 amide bonds. The van der Waals surface area contributed by atoms with Gasteiger partial charge in [0.2, 0.25) is 0 Å². The molecule has 4 aliphatic heterocycles. The molecule has 52 heavy (non-hydrogen) atoms. The number of ether oxygens (including phenoxy) is 2. The first-order valence-corrected chi connectivity index (χ1v) is 18.9. The molecule has 14 heteroatoms. The first-order chi connectivity index (χ1) is 25.2. The Morgan fingerprint density at radius 2 is 2.00 bits per heavy atom. The lowest BCUT2D eigenvalue weighted by atomic mass is 9.91. The molecule has 0 radical (unpaired) electrons. The number of hydrogen-bond donors (Lipinski definition) is 2. The van der Waals surface area contributed by atoms with E-state index in [0.29, 0.717) is 68.7 Å². The average Bonchev–Trinajstić information content (AvgIpc) is 3.81. The van der Waals surface area contributed by atoms with Gasteiger partial charge in [-0.2, -0.15) is 15.1 Å². The van der Waals surface area contributed by atoms with Gasteiger partial charge in [-0.3, -0.25) is 14.7 Å². The third-order valence-electron chi connectivity index (χ3n) is 11.6. The van der Waals surface area contributed by atoms with Crippen LogP contribution in [-0.4, -0.2) is 97.9 Å². The predicted octanol–water partition coefficient (Wildman–Crippen LogP) is 5.87. The fourth-order valence-corrected chi connectivity index (χ4v) is 9.03. The number of anilines is 1. The van der Waals surface area contributed by atoms with Crippen LogP contribution in [0.4, 0.5) is 14.6 Å². The average molecular weight is 719 g/mol. The lowest BCUT2D eigenvalue weighted by Crippen LogP contribution is -2.44. The number of halogens is 2. The highest BCUT2D eigenvalue weighted by Gasteiger charge is 2.49. The SMILES string of the molecule is Cc1cc2c(cnn2C2CCCCO2)c(-c2ncc3c(N4CCC[C@@H](N)C4)nc(OC[C@@]45CCCN4C[C@H](F)C5)nc3c2F)c1CCCCC(=O)O. The van der Waals surface area contributed by atoms with E-state index in [0.717, 1.165) is 73.5 Å². The van der Waals surface area contributed by atoms with Gasteiger partial charge in [0.05, 0.1) is 22.6 Å². The highest BCUT2D eigenvalue weighted by molar-refractivity contribution is 6.00. The Labute approximate surface area is 301 Å². The minimum Gasteiger partial charge on any atom is -0.481 e. The van der Waals surface area contributed by atoms with Crippen LogP contribution < -0.4 is 15.4 Å². The van der Waals surface area contributed by atoms with Gasteiger partial charge in [0, 0.05) is 62.3 Å². The Morgan fingerprint density at radius 3 is 2.81 bits per heavy atom. The Kier molecular flexibility index (Phi) is 9.72. The van der Waals surface area contributed by atoms with E-state index in [1.165, 1.54) is 0 Å². The summed E-state index contributed by atoms with van der Waals surface area (Å²) in [4.78, 5) is 29.9. The number of nitrogens with zero attached hydrogens (tertiary/aromatic N) is 7. The molecule has 278 valence electrons. The Bertz CT molecular complexity index is 1970. The third kappa shape index (κ3) is 6.57. The van der Waals surface area contributed by atoms with Gasteiger partial charge in [-0.25, -0.2) is 13.5 Å². The number of aryl methyl sites for hydroxylation is 1. The molecule has 0 spiro atoms. The number of alkyl halides is 1. The van der Waals surface area contributed by atoms with Crippen molar-refractivity contribution in [2.45, 2.75) is 108 Å². The van der Waals surface area contributed by atoms with E-state index in [1.54, 1.807) is 12.4 Å². The van der Waals surface area contributed by atoms with Gasteiger partial charge in [-0.1, -0.05) is 0 Å². The third-order valence-corrected chi connectivity index (χ3v) is 11.6. The maximum absolute atomic E-state index is 17.4. The molecule has 12 nitrogen and oxygen atoms in total. The Balaban J connectivity index is 1.25. The van der Waals surface area contributed by atoms with Crippen LogP contribution in [0.1, 0.15) is 88.0 Å². The van der Waals surface area contributed by atoms with Crippen molar-refractivity contribution >= 4 is 33.6 Å². The van der Waals surface area contributed by atoms with Crippen molar-refractivity contribution < 1.29 is 28.2 Å². The van der Waals surface area contributed by atoms with Gasteiger partial charge in [0.1, 0.15) is 29.8 Å². The number of aromatic nitrogens is 5. The van der Waals surface area contributed by atoms with Crippen LogP contribution in [0.3, 0.4) is 0 Å². The number of benzene rings is 1. The molecule has 1 aromatic carbocycles. The van der Waals surface area contributed by atoms with E-state index in [4.69, 9.17) is 35.3 Å². The number of nitrogens with two attached hydrogens (primary N) is 1. The smallest absolute Gasteiger partial charge is 0.319 e. The molecule has 3 N–H and O–H groups in total. The fourth-order valence-electron chi connectivity index (χ4n) is 9.03. The fraction of sp³-hybridized carbons (Fsp3) is 0.605. The Hall–Kier alpha value is -4.01. The van der Waals surface area contributed by atoms with Gasteiger partial charge in [0.25, 0.3) is 0 Å². The number of carbonyl (C=O) groups is 1. The highest BCUT2D eigenvalue weighted by Crippen LogP contribution is 2.42. The lowest BCUT2D eigenvalue weighted by molar-refractivity contribution is -0.137. The minimum atomic E-state index is -0.906. The van der Waals surface area contributed by atoms with Crippen LogP contribution in [-0.2, 0) is 16.0 Å². The van der Waals surface area contributed by atoms with Crippen LogP contribution >= 0.6 is 0 Å². The summed E-state index contributed by atoms with van der Waals surface area (Å²) in [6.07, 6.45) is 10.8. The molecule has 0 saturated carbocycles. The van der Waals surface area contributed by atoms with Crippen LogP contribution in [0.15, 0.2) is 18.5 Å². The normalized spacial score (nSPS) is 25.3. The van der Waals surface area contributed by atoms with Gasteiger partial charge in [0.15, 0.2) is 12.0 Å². The molecule has 0 bridgehead atoms.